The van der Waals surface area contributed by atoms with Crippen LogP contribution in [0, 0.1) is 10.8 Å². The highest BCUT2D eigenvalue weighted by molar-refractivity contribution is 6.36. The van der Waals surface area contributed by atoms with Gasteiger partial charge in [0, 0.05) is 0 Å². The summed E-state index contributed by atoms with van der Waals surface area (Å²) in [6, 6.07) is 6.60. The molecule has 0 aromatic heterocycles. The molecule has 0 saturated heterocycles. The number of nitrogens with one attached hydrogen (secondary N) is 2. The molecular weight excluding hydrogens is 223 g/mol. The third-order valence-electron chi connectivity index (χ3n) is 1.37. The summed E-state index contributed by atoms with van der Waals surface area (Å²) in [4.78, 5) is 7.12. The highest BCUT2D eigenvalue weighted by Gasteiger charge is 2.05. The van der Waals surface area contributed by atoms with Crippen molar-refractivity contribution in [2.24, 2.45) is 9.98 Å². The fraction of sp³-hybridized carbons (Fsp3) is 0. The zero-order valence-electron chi connectivity index (χ0n) is 6.81. The Balaban J connectivity index is 3.37. The summed E-state index contributed by atoms with van der Waals surface area (Å²) < 4.78 is 0. The van der Waals surface area contributed by atoms with Crippen LogP contribution in [-0.4, -0.2) is 12.0 Å². The molecule has 0 heterocycles. The first-order valence-corrected chi connectivity index (χ1v) is 4.18. The molecule has 0 radical (unpaired) electrons. The van der Waals surface area contributed by atoms with Gasteiger partial charge in [0.2, 0.25) is 0 Å². The van der Waals surface area contributed by atoms with E-state index >= 15 is 0 Å². The van der Waals surface area contributed by atoms with Crippen molar-refractivity contribution in [2.75, 3.05) is 0 Å². The Hall–Kier alpha value is -1.44. The molecule has 1 aromatic rings. The van der Waals surface area contributed by atoms with Crippen molar-refractivity contribution in [3.8, 4) is 0 Å². The van der Waals surface area contributed by atoms with E-state index in [0.29, 0.717) is 21.4 Å². The lowest BCUT2D eigenvalue weighted by Crippen LogP contribution is -1.72. The molecule has 0 fully saturated rings. The number of hydrogen-bond donors (Lipinski definition) is 2. The highest BCUT2D eigenvalue weighted by atomic mass is 35.5. The molecule has 0 aliphatic carbocycles. The molecule has 0 aliphatic rings. The fourth-order valence-corrected chi connectivity index (χ4v) is 1.22. The number of rotatable bonds is 2. The van der Waals surface area contributed by atoms with E-state index in [1.54, 1.807) is 0 Å². The van der Waals surface area contributed by atoms with Crippen molar-refractivity contribution < 1.29 is 0 Å². The summed E-state index contributed by atoms with van der Waals surface area (Å²) in [5.74, 6) is 0. The third-order valence-corrected chi connectivity index (χ3v) is 1.97. The van der Waals surface area contributed by atoms with E-state index in [2.05, 4.69) is 9.98 Å². The van der Waals surface area contributed by atoms with Crippen LogP contribution in [0.1, 0.15) is 0 Å². The van der Waals surface area contributed by atoms with Crippen LogP contribution in [0.25, 0.3) is 0 Å². The molecule has 0 atom stereocenters. The van der Waals surface area contributed by atoms with Gasteiger partial charge < -0.3 is 0 Å². The van der Waals surface area contributed by atoms with Crippen molar-refractivity contribution in [3.63, 3.8) is 0 Å². The Morgan fingerprint density at radius 2 is 1.29 bits per heavy atom. The van der Waals surface area contributed by atoms with Crippen LogP contribution in [0.5, 0.6) is 0 Å². The Bertz CT molecular complexity index is 413. The smallest absolute Gasteiger partial charge is 0.0948 e. The minimum absolute atomic E-state index is 0.295. The summed E-state index contributed by atoms with van der Waals surface area (Å²) >= 11 is 11.6. The monoisotopic (exact) mass is 226 g/mol. The van der Waals surface area contributed by atoms with Crippen LogP contribution in [-0.2, 0) is 0 Å². The molecule has 0 bridgehead atoms. The number of hydrogen-bond acceptors (Lipinski definition) is 4. The topological polar surface area (TPSA) is 72.4 Å². The van der Waals surface area contributed by atoms with Crippen LogP contribution in [0.2, 0.25) is 10.0 Å². The summed E-state index contributed by atoms with van der Waals surface area (Å²) in [6.45, 7) is 0. The largest absolute Gasteiger partial charge is 0.241 e. The molecule has 0 saturated carbocycles. The van der Waals surface area contributed by atoms with Gasteiger partial charge in [0.1, 0.15) is 0 Å². The number of benzene rings is 1. The van der Waals surface area contributed by atoms with E-state index in [9.17, 15) is 0 Å². The maximum atomic E-state index is 6.66. The van der Waals surface area contributed by atoms with E-state index in [1.165, 1.54) is 12.1 Å². The molecule has 1 aromatic carbocycles. The van der Waals surface area contributed by atoms with Gasteiger partial charge in [-0.1, -0.05) is 23.2 Å². The molecule has 0 unspecified atom stereocenters. The molecular formula is C8H4Cl2N4. The predicted molar refractivity (Wildman–Crippen MR) is 56.1 cm³/mol. The van der Waals surface area contributed by atoms with Gasteiger partial charge in [-0.15, -0.1) is 0 Å². The van der Waals surface area contributed by atoms with Gasteiger partial charge in [-0.25, -0.2) is 10.8 Å². The highest BCUT2D eigenvalue weighted by Crippen LogP contribution is 2.35. The summed E-state index contributed by atoms with van der Waals surface area (Å²) in [6.07, 6.45) is 0. The van der Waals surface area contributed by atoms with Crippen molar-refractivity contribution in [1.29, 1.82) is 10.8 Å². The van der Waals surface area contributed by atoms with Crippen molar-refractivity contribution in [2.45, 2.75) is 0 Å². The lowest BCUT2D eigenvalue weighted by atomic mass is 10.3. The van der Waals surface area contributed by atoms with E-state index in [0.717, 1.165) is 0 Å². The second-order valence-electron chi connectivity index (χ2n) is 2.20. The van der Waals surface area contributed by atoms with Crippen LogP contribution in [0.3, 0.4) is 0 Å². The summed E-state index contributed by atoms with van der Waals surface area (Å²) in [7, 11) is 0. The molecule has 6 heteroatoms. The number of halogens is 2. The zero-order chi connectivity index (χ0) is 10.6. The number of aliphatic imine (C=N–C) groups is 2. The van der Waals surface area contributed by atoms with Crippen molar-refractivity contribution in [1.82, 2.24) is 0 Å². The van der Waals surface area contributed by atoms with Crippen LogP contribution in [0.4, 0.5) is 11.4 Å². The van der Waals surface area contributed by atoms with Gasteiger partial charge in [-0.05, 0) is 12.1 Å². The molecule has 70 valence electrons. The lowest BCUT2D eigenvalue weighted by molar-refractivity contribution is 1.45. The van der Waals surface area contributed by atoms with Gasteiger partial charge in [0.15, 0.2) is 0 Å². The summed E-state index contributed by atoms with van der Waals surface area (Å²) in [5.41, 5.74) is 0.686. The Morgan fingerprint density at radius 1 is 0.929 bits per heavy atom. The molecule has 0 amide bonds. The molecule has 14 heavy (non-hydrogen) atoms. The molecule has 2 N–H and O–H groups in total. The first-order chi connectivity index (χ1) is 6.69. The van der Waals surface area contributed by atoms with Gasteiger partial charge in [-0.2, -0.15) is 9.98 Å². The van der Waals surface area contributed by atoms with Crippen molar-refractivity contribution >= 4 is 46.6 Å². The Morgan fingerprint density at radius 3 is 1.57 bits per heavy atom. The van der Waals surface area contributed by atoms with Crippen LogP contribution < -0.4 is 0 Å². The fourth-order valence-electron chi connectivity index (χ4n) is 0.818. The van der Waals surface area contributed by atoms with Crippen molar-refractivity contribution in [3.05, 3.63) is 22.2 Å². The standard InChI is InChI=1S/C8H4Cl2N4/c9-5-1-7(13-3-11)6(10)2-8(5)14-4-12/h1-2,11-12H. The van der Waals surface area contributed by atoms with E-state index in [4.69, 9.17) is 34.0 Å². The van der Waals surface area contributed by atoms with Crippen LogP contribution >= 0.6 is 23.2 Å². The third kappa shape index (κ3) is 2.28. The van der Waals surface area contributed by atoms with Gasteiger partial charge >= 0.3 is 0 Å². The minimum atomic E-state index is 0.295. The quantitative estimate of drug-likeness (QED) is 0.722. The second-order valence-corrected chi connectivity index (χ2v) is 3.02. The van der Waals surface area contributed by atoms with E-state index in [-0.39, 0.29) is 0 Å². The number of nitrogens with zero attached hydrogens (tertiary/aromatic N) is 2. The minimum Gasteiger partial charge on any atom is -0.241 e. The Kier molecular flexibility index (Phi) is 3.57. The van der Waals surface area contributed by atoms with E-state index < -0.39 is 0 Å². The predicted octanol–water partition coefficient (Wildman–Crippen LogP) is 3.76. The normalized spacial score (nSPS) is 8.71. The first kappa shape index (κ1) is 10.6. The second kappa shape index (κ2) is 4.70. The zero-order valence-corrected chi connectivity index (χ0v) is 8.32. The maximum absolute atomic E-state index is 6.66. The molecule has 4 nitrogen and oxygen atoms in total. The van der Waals surface area contributed by atoms with Gasteiger partial charge in [-0.3, -0.25) is 0 Å². The van der Waals surface area contributed by atoms with E-state index in [1.807, 2.05) is 12.0 Å². The average molecular weight is 227 g/mol. The van der Waals surface area contributed by atoms with Crippen LogP contribution in [0.15, 0.2) is 22.1 Å². The van der Waals surface area contributed by atoms with Gasteiger partial charge in [0.25, 0.3) is 0 Å². The molecule has 1 rings (SSSR count). The Labute approximate surface area is 89.9 Å². The molecule has 0 spiro atoms. The average Bonchev–Trinajstić information content (AvgIpc) is 2.14. The molecule has 0 aliphatic heterocycles. The maximum Gasteiger partial charge on any atom is 0.0948 e. The van der Waals surface area contributed by atoms with Gasteiger partial charge in [0.05, 0.1) is 33.4 Å². The first-order valence-electron chi connectivity index (χ1n) is 3.43. The lowest BCUT2D eigenvalue weighted by Gasteiger charge is -1.99. The summed E-state index contributed by atoms with van der Waals surface area (Å²) in [5, 5.41) is 13.9. The SMILES string of the molecule is N=C=Nc1cc(Cl)c(N=C=N)cc1Cl.